The predicted molar refractivity (Wildman–Crippen MR) is 70.5 cm³/mol. The summed E-state index contributed by atoms with van der Waals surface area (Å²) in [6.07, 6.45) is 2.17. The number of aliphatic hydroxyl groups excluding tert-OH is 1. The molecule has 106 valence electrons. The van der Waals surface area contributed by atoms with Gasteiger partial charge in [0.15, 0.2) is 0 Å². The van der Waals surface area contributed by atoms with Gasteiger partial charge in [-0.3, -0.25) is 0 Å². The van der Waals surface area contributed by atoms with Gasteiger partial charge in [-0.25, -0.2) is 4.79 Å². The van der Waals surface area contributed by atoms with Crippen LogP contribution in [0, 0.1) is 5.92 Å². The highest BCUT2D eigenvalue weighted by Gasteiger charge is 2.39. The molecule has 0 aromatic rings. The number of carbonyl (C=O) groups excluding carboxylic acids is 1. The van der Waals surface area contributed by atoms with Gasteiger partial charge in [0.1, 0.15) is 5.60 Å². The third kappa shape index (κ3) is 3.85. The number of ether oxygens (including phenoxy) is 1. The minimum absolute atomic E-state index is 0.149. The molecule has 0 aromatic heterocycles. The SMILES string of the molecule is CC(C)(C)OC(=O)N1CCC2CCNCC21.CO. The second-order valence-corrected chi connectivity index (χ2v) is 5.78. The second-order valence-electron chi connectivity index (χ2n) is 5.78. The number of amides is 1. The van der Waals surface area contributed by atoms with E-state index in [1.807, 2.05) is 25.7 Å². The van der Waals surface area contributed by atoms with Crippen molar-refractivity contribution in [1.82, 2.24) is 10.2 Å². The van der Waals surface area contributed by atoms with E-state index in [0.29, 0.717) is 12.0 Å². The fraction of sp³-hybridized carbons (Fsp3) is 0.923. The maximum Gasteiger partial charge on any atom is 0.410 e. The van der Waals surface area contributed by atoms with Crippen molar-refractivity contribution in [2.24, 2.45) is 5.92 Å². The van der Waals surface area contributed by atoms with Crippen molar-refractivity contribution >= 4 is 6.09 Å². The number of hydrogen-bond donors (Lipinski definition) is 2. The summed E-state index contributed by atoms with van der Waals surface area (Å²) in [5.41, 5.74) is -0.392. The minimum atomic E-state index is -0.392. The van der Waals surface area contributed by atoms with Crippen LogP contribution in [0.1, 0.15) is 33.6 Å². The molecular formula is C13H26N2O3. The first kappa shape index (κ1) is 15.2. The van der Waals surface area contributed by atoms with Gasteiger partial charge in [0.05, 0.1) is 6.04 Å². The summed E-state index contributed by atoms with van der Waals surface area (Å²) < 4.78 is 5.43. The summed E-state index contributed by atoms with van der Waals surface area (Å²) in [5, 5.41) is 10.4. The Morgan fingerprint density at radius 2 is 2.00 bits per heavy atom. The van der Waals surface area contributed by atoms with E-state index < -0.39 is 5.60 Å². The number of rotatable bonds is 0. The average Bonchev–Trinajstić information content (AvgIpc) is 2.73. The predicted octanol–water partition coefficient (Wildman–Crippen LogP) is 1.21. The van der Waals surface area contributed by atoms with Gasteiger partial charge < -0.3 is 20.1 Å². The topological polar surface area (TPSA) is 61.8 Å². The molecule has 2 atom stereocenters. The molecule has 5 nitrogen and oxygen atoms in total. The normalized spacial score (nSPS) is 27.1. The first-order chi connectivity index (χ1) is 8.47. The van der Waals surface area contributed by atoms with Crippen LogP contribution >= 0.6 is 0 Å². The molecule has 18 heavy (non-hydrogen) atoms. The summed E-state index contributed by atoms with van der Waals surface area (Å²) in [6.45, 7) is 8.60. The van der Waals surface area contributed by atoms with E-state index in [-0.39, 0.29) is 6.09 Å². The number of likely N-dealkylation sites (tertiary alicyclic amines) is 1. The lowest BCUT2D eigenvalue weighted by molar-refractivity contribution is 0.0194. The Balaban J connectivity index is 0.000000771. The molecule has 2 aliphatic rings. The van der Waals surface area contributed by atoms with Crippen molar-refractivity contribution in [2.45, 2.75) is 45.3 Å². The van der Waals surface area contributed by atoms with E-state index in [9.17, 15) is 4.79 Å². The van der Waals surface area contributed by atoms with Gasteiger partial charge in [-0.15, -0.1) is 0 Å². The fourth-order valence-corrected chi connectivity index (χ4v) is 2.62. The van der Waals surface area contributed by atoms with Gasteiger partial charge in [-0.2, -0.15) is 0 Å². The highest BCUT2D eigenvalue weighted by atomic mass is 16.6. The largest absolute Gasteiger partial charge is 0.444 e. The van der Waals surface area contributed by atoms with Gasteiger partial charge in [0.2, 0.25) is 0 Å². The Morgan fingerprint density at radius 1 is 1.33 bits per heavy atom. The standard InChI is InChI=1S/C12H22N2O2.CH4O/c1-12(2,3)16-11(15)14-7-5-9-4-6-13-8-10(9)14;1-2/h9-10,13H,4-8H2,1-3H3;2H,1H3. The van der Waals surface area contributed by atoms with Gasteiger partial charge in [-0.05, 0) is 46.1 Å². The lowest BCUT2D eigenvalue weighted by Crippen LogP contribution is -2.49. The van der Waals surface area contributed by atoms with Crippen LogP contribution in [0.25, 0.3) is 0 Å². The van der Waals surface area contributed by atoms with Crippen LogP contribution in [0.3, 0.4) is 0 Å². The van der Waals surface area contributed by atoms with Crippen LogP contribution in [0.4, 0.5) is 4.79 Å². The Labute approximate surface area is 109 Å². The van der Waals surface area contributed by atoms with Crippen LogP contribution in [-0.4, -0.2) is 54.5 Å². The van der Waals surface area contributed by atoms with Crippen molar-refractivity contribution in [3.05, 3.63) is 0 Å². The first-order valence-electron chi connectivity index (χ1n) is 6.62. The maximum atomic E-state index is 12.0. The number of nitrogens with zero attached hydrogens (tertiary/aromatic N) is 1. The Kier molecular flexibility index (Phi) is 5.41. The van der Waals surface area contributed by atoms with Gasteiger partial charge >= 0.3 is 6.09 Å². The highest BCUT2D eigenvalue weighted by molar-refractivity contribution is 5.69. The summed E-state index contributed by atoms with van der Waals surface area (Å²) in [5.74, 6) is 0.675. The zero-order valence-corrected chi connectivity index (χ0v) is 11.9. The monoisotopic (exact) mass is 258 g/mol. The minimum Gasteiger partial charge on any atom is -0.444 e. The average molecular weight is 258 g/mol. The van der Waals surface area contributed by atoms with Crippen LogP contribution < -0.4 is 5.32 Å². The van der Waals surface area contributed by atoms with Crippen molar-refractivity contribution in [1.29, 1.82) is 0 Å². The van der Waals surface area contributed by atoms with Crippen LogP contribution in [-0.2, 0) is 4.74 Å². The Bertz CT molecular complexity index is 276. The van der Waals surface area contributed by atoms with E-state index in [2.05, 4.69) is 5.32 Å². The quantitative estimate of drug-likeness (QED) is 0.685. The molecule has 2 rings (SSSR count). The lowest BCUT2D eigenvalue weighted by Gasteiger charge is -2.33. The first-order valence-corrected chi connectivity index (χ1v) is 6.62. The summed E-state index contributed by atoms with van der Waals surface area (Å²) >= 11 is 0. The molecule has 0 radical (unpaired) electrons. The second kappa shape index (κ2) is 6.38. The van der Waals surface area contributed by atoms with Crippen molar-refractivity contribution in [3.8, 4) is 0 Å². The number of piperidine rings is 1. The number of aliphatic hydroxyl groups is 1. The fourth-order valence-electron chi connectivity index (χ4n) is 2.62. The molecule has 2 saturated heterocycles. The Hall–Kier alpha value is -0.810. The molecule has 0 saturated carbocycles. The van der Waals surface area contributed by atoms with E-state index in [1.165, 1.54) is 6.42 Å². The molecule has 1 amide bonds. The molecule has 2 heterocycles. The Morgan fingerprint density at radius 3 is 2.61 bits per heavy atom. The summed E-state index contributed by atoms with van der Waals surface area (Å²) in [6, 6.07) is 0.351. The molecule has 2 aliphatic heterocycles. The summed E-state index contributed by atoms with van der Waals surface area (Å²) in [4.78, 5) is 13.9. The number of fused-ring (bicyclic) bond motifs is 1. The molecule has 0 bridgehead atoms. The van der Waals surface area contributed by atoms with Crippen molar-refractivity contribution in [3.63, 3.8) is 0 Å². The smallest absolute Gasteiger partial charge is 0.410 e. The van der Waals surface area contributed by atoms with Crippen LogP contribution in [0.2, 0.25) is 0 Å². The van der Waals surface area contributed by atoms with Gasteiger partial charge in [0, 0.05) is 20.2 Å². The molecule has 0 aliphatic carbocycles. The van der Waals surface area contributed by atoms with E-state index in [1.54, 1.807) is 0 Å². The molecule has 2 N–H and O–H groups in total. The van der Waals surface area contributed by atoms with Crippen LogP contribution in [0.5, 0.6) is 0 Å². The summed E-state index contributed by atoms with van der Waals surface area (Å²) in [7, 11) is 1.00. The van der Waals surface area contributed by atoms with E-state index in [0.717, 1.165) is 33.2 Å². The maximum absolute atomic E-state index is 12.0. The zero-order valence-electron chi connectivity index (χ0n) is 11.9. The third-order valence-electron chi connectivity index (χ3n) is 3.36. The van der Waals surface area contributed by atoms with Gasteiger partial charge in [0.25, 0.3) is 0 Å². The van der Waals surface area contributed by atoms with Crippen LogP contribution in [0.15, 0.2) is 0 Å². The van der Waals surface area contributed by atoms with Crippen molar-refractivity contribution in [2.75, 3.05) is 26.7 Å². The number of hydrogen-bond acceptors (Lipinski definition) is 4. The third-order valence-corrected chi connectivity index (χ3v) is 3.36. The molecule has 0 spiro atoms. The molecular weight excluding hydrogens is 232 g/mol. The molecule has 2 unspecified atom stereocenters. The molecule has 5 heteroatoms. The van der Waals surface area contributed by atoms with E-state index >= 15 is 0 Å². The number of carbonyl (C=O) groups is 1. The highest BCUT2D eigenvalue weighted by Crippen LogP contribution is 2.29. The van der Waals surface area contributed by atoms with E-state index in [4.69, 9.17) is 9.84 Å². The molecule has 0 aromatic carbocycles. The van der Waals surface area contributed by atoms with Gasteiger partial charge in [-0.1, -0.05) is 0 Å². The number of nitrogens with one attached hydrogen (secondary N) is 1. The lowest BCUT2D eigenvalue weighted by atomic mass is 9.93. The van der Waals surface area contributed by atoms with Crippen molar-refractivity contribution < 1.29 is 14.6 Å². The molecule has 2 fully saturated rings. The zero-order chi connectivity index (χ0) is 13.8.